The molecule has 2 atom stereocenters. The van der Waals surface area contributed by atoms with Crippen LogP contribution in [-0.2, 0) is 4.79 Å². The van der Waals surface area contributed by atoms with E-state index in [0.717, 1.165) is 36.8 Å². The molecule has 2 nitrogen and oxygen atoms in total. The number of carbonyl (C=O) groups excluding carboxylic acids is 1. The molecule has 0 aliphatic heterocycles. The monoisotopic (exact) mass is 379 g/mol. The number of hydrogen-bond acceptors (Lipinski definition) is 1. The zero-order valence-electron chi connectivity index (χ0n) is 17.9. The number of unbranched alkanes of at least 4 members (excludes halogenated alkanes) is 3. The molecule has 2 heteroatoms. The van der Waals surface area contributed by atoms with Gasteiger partial charge in [0.05, 0.1) is 6.04 Å². The molecule has 0 fully saturated rings. The van der Waals surface area contributed by atoms with E-state index in [1.807, 2.05) is 36.4 Å². The molecule has 0 saturated carbocycles. The van der Waals surface area contributed by atoms with Gasteiger partial charge in [-0.2, -0.15) is 0 Å². The quantitative estimate of drug-likeness (QED) is 0.399. The maximum Gasteiger partial charge on any atom is 0.224 e. The lowest BCUT2D eigenvalue weighted by atomic mass is 9.84. The number of carbonyl (C=O) groups is 1. The van der Waals surface area contributed by atoms with Crippen molar-refractivity contribution in [1.82, 2.24) is 5.32 Å². The molecule has 0 bridgehead atoms. The van der Waals surface area contributed by atoms with E-state index in [4.69, 9.17) is 0 Å². The second-order valence-electron chi connectivity index (χ2n) is 7.98. The number of benzene rings is 2. The molecule has 0 aliphatic carbocycles. The Bertz CT molecular complexity index is 628. The van der Waals surface area contributed by atoms with Crippen LogP contribution in [0.3, 0.4) is 0 Å². The van der Waals surface area contributed by atoms with Gasteiger partial charge in [-0.25, -0.2) is 0 Å². The number of hydrogen-bond donors (Lipinski definition) is 1. The minimum atomic E-state index is -0.0955. The Morgan fingerprint density at radius 2 is 1.36 bits per heavy atom. The van der Waals surface area contributed by atoms with Gasteiger partial charge in [0.25, 0.3) is 0 Å². The molecule has 1 N–H and O–H groups in total. The van der Waals surface area contributed by atoms with Crippen LogP contribution in [0.1, 0.15) is 82.9 Å². The van der Waals surface area contributed by atoms with Crippen molar-refractivity contribution in [3.63, 3.8) is 0 Å². The SMILES string of the molecule is CCCCCCC(C(=O)NC(c1ccccc1)c1ccccc1)[C@@H](C)CCC. The number of rotatable bonds is 12. The fourth-order valence-electron chi connectivity index (χ4n) is 4.02. The summed E-state index contributed by atoms with van der Waals surface area (Å²) in [6, 6.07) is 20.5. The molecule has 28 heavy (non-hydrogen) atoms. The molecule has 0 spiro atoms. The zero-order chi connectivity index (χ0) is 20.2. The Kier molecular flexibility index (Phi) is 9.82. The smallest absolute Gasteiger partial charge is 0.224 e. The van der Waals surface area contributed by atoms with Gasteiger partial charge in [-0.3, -0.25) is 4.79 Å². The number of nitrogens with one attached hydrogen (secondary N) is 1. The molecule has 0 saturated heterocycles. The summed E-state index contributed by atoms with van der Waals surface area (Å²) in [7, 11) is 0. The Morgan fingerprint density at radius 3 is 1.86 bits per heavy atom. The minimum absolute atomic E-state index is 0.0896. The Balaban J connectivity index is 2.18. The van der Waals surface area contributed by atoms with Gasteiger partial charge in [-0.05, 0) is 23.5 Å². The van der Waals surface area contributed by atoms with Crippen molar-refractivity contribution in [3.8, 4) is 0 Å². The molecule has 1 unspecified atom stereocenters. The van der Waals surface area contributed by atoms with Crippen molar-refractivity contribution in [2.75, 3.05) is 0 Å². The molecule has 0 heterocycles. The van der Waals surface area contributed by atoms with Crippen molar-refractivity contribution in [1.29, 1.82) is 0 Å². The average molecular weight is 380 g/mol. The minimum Gasteiger partial charge on any atom is -0.345 e. The van der Waals surface area contributed by atoms with Crippen LogP contribution in [0.25, 0.3) is 0 Å². The fourth-order valence-corrected chi connectivity index (χ4v) is 4.02. The molecule has 1 amide bonds. The molecule has 0 aromatic heterocycles. The first-order chi connectivity index (χ1) is 13.7. The largest absolute Gasteiger partial charge is 0.345 e. The molecule has 0 aliphatic rings. The Hall–Kier alpha value is -2.09. The van der Waals surface area contributed by atoms with Gasteiger partial charge in [-0.1, -0.05) is 120 Å². The highest BCUT2D eigenvalue weighted by atomic mass is 16.2. The van der Waals surface area contributed by atoms with Gasteiger partial charge in [-0.15, -0.1) is 0 Å². The third-order valence-electron chi connectivity index (χ3n) is 5.69. The van der Waals surface area contributed by atoms with Crippen LogP contribution in [-0.4, -0.2) is 5.91 Å². The van der Waals surface area contributed by atoms with E-state index in [-0.39, 0.29) is 17.9 Å². The second-order valence-corrected chi connectivity index (χ2v) is 7.98. The summed E-state index contributed by atoms with van der Waals surface area (Å²) in [5.41, 5.74) is 2.27. The van der Waals surface area contributed by atoms with Gasteiger partial charge in [0.1, 0.15) is 0 Å². The third kappa shape index (κ3) is 6.82. The predicted molar refractivity (Wildman–Crippen MR) is 119 cm³/mol. The Morgan fingerprint density at radius 1 is 0.786 bits per heavy atom. The molecule has 2 rings (SSSR count). The standard InChI is InChI=1S/C26H37NO/c1-4-6-7-14-20-24(21(3)15-5-2)26(28)27-25(22-16-10-8-11-17-22)23-18-12-9-13-19-23/h8-13,16-19,21,24-25H,4-7,14-15,20H2,1-3H3,(H,27,28)/t21-,24?/m0/s1. The second kappa shape index (κ2) is 12.4. The van der Waals surface area contributed by atoms with Crippen molar-refractivity contribution in [3.05, 3.63) is 71.8 Å². The van der Waals surface area contributed by atoms with Gasteiger partial charge < -0.3 is 5.32 Å². The van der Waals surface area contributed by atoms with Gasteiger partial charge in [0.15, 0.2) is 0 Å². The van der Waals surface area contributed by atoms with Crippen LogP contribution in [0.5, 0.6) is 0 Å². The van der Waals surface area contributed by atoms with E-state index in [2.05, 4.69) is 50.4 Å². The highest BCUT2D eigenvalue weighted by Gasteiger charge is 2.27. The summed E-state index contributed by atoms with van der Waals surface area (Å²) >= 11 is 0. The molecule has 2 aromatic carbocycles. The summed E-state index contributed by atoms with van der Waals surface area (Å²) in [5, 5.41) is 3.39. The summed E-state index contributed by atoms with van der Waals surface area (Å²) in [4.78, 5) is 13.4. The Labute approximate surface area is 171 Å². The van der Waals surface area contributed by atoms with E-state index in [9.17, 15) is 4.79 Å². The van der Waals surface area contributed by atoms with Crippen LogP contribution in [0.4, 0.5) is 0 Å². The van der Waals surface area contributed by atoms with E-state index in [1.54, 1.807) is 0 Å². The van der Waals surface area contributed by atoms with Crippen LogP contribution >= 0.6 is 0 Å². The molecule has 152 valence electrons. The maximum atomic E-state index is 13.4. The van der Waals surface area contributed by atoms with E-state index >= 15 is 0 Å². The number of amides is 1. The van der Waals surface area contributed by atoms with Crippen LogP contribution < -0.4 is 5.32 Å². The zero-order valence-corrected chi connectivity index (χ0v) is 17.9. The topological polar surface area (TPSA) is 29.1 Å². The van der Waals surface area contributed by atoms with Crippen molar-refractivity contribution in [2.45, 2.75) is 71.8 Å². The molecule has 2 aromatic rings. The normalized spacial score (nSPS) is 13.3. The van der Waals surface area contributed by atoms with Crippen molar-refractivity contribution < 1.29 is 4.79 Å². The molecule has 0 radical (unpaired) electrons. The first-order valence-corrected chi connectivity index (χ1v) is 11.1. The lowest BCUT2D eigenvalue weighted by molar-refractivity contribution is -0.127. The van der Waals surface area contributed by atoms with Gasteiger partial charge >= 0.3 is 0 Å². The first-order valence-electron chi connectivity index (χ1n) is 11.1. The van der Waals surface area contributed by atoms with Crippen LogP contribution in [0, 0.1) is 11.8 Å². The van der Waals surface area contributed by atoms with Gasteiger partial charge in [0, 0.05) is 5.92 Å². The highest BCUT2D eigenvalue weighted by Crippen LogP contribution is 2.27. The lowest BCUT2D eigenvalue weighted by Crippen LogP contribution is -2.37. The predicted octanol–water partition coefficient (Wildman–Crippen LogP) is 6.92. The summed E-state index contributed by atoms with van der Waals surface area (Å²) < 4.78 is 0. The molecular weight excluding hydrogens is 342 g/mol. The molecular formula is C26H37NO. The van der Waals surface area contributed by atoms with Crippen LogP contribution in [0.15, 0.2) is 60.7 Å². The van der Waals surface area contributed by atoms with E-state index < -0.39 is 0 Å². The lowest BCUT2D eigenvalue weighted by Gasteiger charge is -2.27. The average Bonchev–Trinajstić information content (AvgIpc) is 2.73. The van der Waals surface area contributed by atoms with Crippen molar-refractivity contribution in [2.24, 2.45) is 11.8 Å². The van der Waals surface area contributed by atoms with Crippen molar-refractivity contribution >= 4 is 5.91 Å². The fraction of sp³-hybridized carbons (Fsp3) is 0.500. The summed E-state index contributed by atoms with van der Waals surface area (Å²) in [6.07, 6.45) is 8.07. The summed E-state index contributed by atoms with van der Waals surface area (Å²) in [6.45, 7) is 6.68. The van der Waals surface area contributed by atoms with E-state index in [1.165, 1.54) is 19.3 Å². The van der Waals surface area contributed by atoms with E-state index in [0.29, 0.717) is 5.92 Å². The first kappa shape index (κ1) is 22.2. The highest BCUT2D eigenvalue weighted by molar-refractivity contribution is 5.80. The summed E-state index contributed by atoms with van der Waals surface area (Å²) in [5.74, 6) is 0.709. The maximum absolute atomic E-state index is 13.4. The van der Waals surface area contributed by atoms with Crippen LogP contribution in [0.2, 0.25) is 0 Å². The van der Waals surface area contributed by atoms with Gasteiger partial charge in [0.2, 0.25) is 5.91 Å². The third-order valence-corrected chi connectivity index (χ3v) is 5.69.